The molecule has 3 atom stereocenters. The van der Waals surface area contributed by atoms with E-state index in [1.165, 1.54) is 0 Å². The van der Waals surface area contributed by atoms with Crippen LogP contribution >= 0.6 is 7.82 Å². The molecule has 0 fully saturated rings. The van der Waals surface area contributed by atoms with Crippen LogP contribution in [0.3, 0.4) is 0 Å². The summed E-state index contributed by atoms with van der Waals surface area (Å²) < 4.78 is 39.4. The Labute approximate surface area is 472 Å². The number of phosphoric ester groups is 1. The number of carbonyl (C=O) groups is 3. The number of unbranched alkanes of at least 4 members (excludes halogenated alkanes) is 6. The van der Waals surface area contributed by atoms with Gasteiger partial charge in [0.1, 0.15) is 12.7 Å². The fraction of sp³-hybridized carbons (Fsp3) is 0.530. The van der Waals surface area contributed by atoms with Gasteiger partial charge in [-0.1, -0.05) is 204 Å². The van der Waals surface area contributed by atoms with Crippen molar-refractivity contribution in [1.29, 1.82) is 0 Å². The first-order valence-electron chi connectivity index (χ1n) is 29.0. The first-order valence-corrected chi connectivity index (χ1v) is 30.5. The van der Waals surface area contributed by atoms with Gasteiger partial charge >= 0.3 is 25.7 Å². The van der Waals surface area contributed by atoms with Crippen LogP contribution in [0.4, 0.5) is 0 Å². The van der Waals surface area contributed by atoms with E-state index >= 15 is 0 Å². The Morgan fingerprint density at radius 3 is 0.987 bits per heavy atom. The lowest BCUT2D eigenvalue weighted by Gasteiger charge is -2.21. The highest BCUT2D eigenvalue weighted by molar-refractivity contribution is 7.47. The minimum absolute atomic E-state index is 0.0683. The van der Waals surface area contributed by atoms with Crippen LogP contribution in [-0.4, -0.2) is 66.5 Å². The maximum absolute atomic E-state index is 12.9. The van der Waals surface area contributed by atoms with Crippen molar-refractivity contribution in [2.24, 2.45) is 0 Å². The average Bonchev–Trinajstić information content (AvgIpc) is 3.43. The van der Waals surface area contributed by atoms with Crippen molar-refractivity contribution in [3.05, 3.63) is 170 Å². The molecule has 0 spiro atoms. The van der Waals surface area contributed by atoms with E-state index in [1.54, 1.807) is 0 Å². The Morgan fingerprint density at radius 1 is 0.359 bits per heavy atom. The molecule has 11 nitrogen and oxygen atoms in total. The number of carbonyl (C=O) groups excluding carboxylic acids is 3. The summed E-state index contributed by atoms with van der Waals surface area (Å²) >= 11 is 0. The number of aliphatic hydroxyl groups is 1. The van der Waals surface area contributed by atoms with Crippen LogP contribution in [0.2, 0.25) is 0 Å². The molecule has 0 aromatic heterocycles. The van der Waals surface area contributed by atoms with E-state index in [4.69, 9.17) is 23.3 Å². The van der Waals surface area contributed by atoms with Crippen molar-refractivity contribution in [3.8, 4) is 0 Å². The SMILES string of the molecule is CC/C=C\C/C=C\C/C=C\C/C=C\C/C=C\CCCC(=O)OC(CO)COP(=O)(O)OCC(COC(=O)CCCCCC/C=C\C/C=C\C/C=C\C/C=C\CC)OC(=O)CCC/C=C\C/C=C\C/C=C\C/C=C\C/C=C\CC. The molecule has 436 valence electrons. The number of phosphoric acid groups is 1. The summed E-state index contributed by atoms with van der Waals surface area (Å²) in [7, 11) is -4.80. The average molecular weight is 1100 g/mol. The van der Waals surface area contributed by atoms with Crippen molar-refractivity contribution in [3.63, 3.8) is 0 Å². The van der Waals surface area contributed by atoms with E-state index in [2.05, 4.69) is 167 Å². The zero-order chi connectivity index (χ0) is 56.9. The van der Waals surface area contributed by atoms with Crippen LogP contribution in [-0.2, 0) is 42.2 Å². The molecule has 3 unspecified atom stereocenters. The third-order valence-corrected chi connectivity index (χ3v) is 12.1. The highest BCUT2D eigenvalue weighted by atomic mass is 31.2. The number of hydrogen-bond donors (Lipinski definition) is 2. The second-order valence-corrected chi connectivity index (χ2v) is 19.8. The van der Waals surface area contributed by atoms with E-state index in [9.17, 15) is 28.9 Å². The van der Waals surface area contributed by atoms with Crippen molar-refractivity contribution < 1.29 is 52.2 Å². The largest absolute Gasteiger partial charge is 0.472 e. The second-order valence-electron chi connectivity index (χ2n) is 18.3. The molecule has 0 aromatic rings. The van der Waals surface area contributed by atoms with Gasteiger partial charge < -0.3 is 24.2 Å². The Morgan fingerprint density at radius 2 is 0.641 bits per heavy atom. The van der Waals surface area contributed by atoms with Gasteiger partial charge in [0.25, 0.3) is 0 Å². The number of hydrogen-bond acceptors (Lipinski definition) is 10. The molecule has 0 radical (unpaired) electrons. The standard InChI is InChI=1S/C66H101O11P/c1-4-7-10-13-16-19-22-25-28-31-34-37-40-43-46-49-52-55-64(68)73-59-63(77-66(70)57-54-51-48-45-42-39-36-33-30-27-24-21-18-15-12-9-6-3)61-75-78(71,72)74-60-62(58-67)76-65(69)56-53-50-47-44-41-38-35-32-29-26-23-20-17-14-11-8-5-2/h7-12,16-21,25-30,34-39,44-45,47-48,62-63,67H,4-6,13-15,22-24,31-33,40-43,46,49-61H2,1-3H3,(H,71,72)/b10-7-,11-8-,12-9-,19-16-,20-17-,21-18-,28-25-,29-26-,30-27-,37-34-,38-35-,39-36-,47-44-,48-45-. The molecule has 0 aliphatic carbocycles. The fourth-order valence-electron chi connectivity index (χ4n) is 6.83. The highest BCUT2D eigenvalue weighted by Crippen LogP contribution is 2.43. The molecular formula is C66H101O11P. The second kappa shape index (κ2) is 58.0. The summed E-state index contributed by atoms with van der Waals surface area (Å²) in [5.74, 6) is -1.65. The first kappa shape index (κ1) is 72.8. The number of aliphatic hydroxyl groups excluding tert-OH is 1. The zero-order valence-electron chi connectivity index (χ0n) is 48.0. The van der Waals surface area contributed by atoms with Crippen LogP contribution in [0.5, 0.6) is 0 Å². The lowest BCUT2D eigenvalue weighted by atomic mass is 10.1. The van der Waals surface area contributed by atoms with Crippen molar-refractivity contribution >= 4 is 25.7 Å². The molecule has 0 aromatic carbocycles. The predicted octanol–water partition coefficient (Wildman–Crippen LogP) is 17.5. The molecular weight excluding hydrogens is 1000 g/mol. The van der Waals surface area contributed by atoms with Gasteiger partial charge in [0.2, 0.25) is 0 Å². The summed E-state index contributed by atoms with van der Waals surface area (Å²) in [5.41, 5.74) is 0. The maximum Gasteiger partial charge on any atom is 0.472 e. The van der Waals surface area contributed by atoms with E-state index < -0.39 is 57.8 Å². The number of rotatable bonds is 51. The maximum atomic E-state index is 12.9. The van der Waals surface area contributed by atoms with E-state index in [0.717, 1.165) is 116 Å². The molecule has 0 saturated heterocycles. The number of esters is 3. The summed E-state index contributed by atoms with van der Waals surface area (Å²) in [5, 5.41) is 9.82. The van der Waals surface area contributed by atoms with E-state index in [-0.39, 0.29) is 25.9 Å². The topological polar surface area (TPSA) is 155 Å². The number of allylic oxidation sites excluding steroid dienone is 28. The Bertz CT molecular complexity index is 1960. The molecule has 78 heavy (non-hydrogen) atoms. The predicted molar refractivity (Wildman–Crippen MR) is 325 cm³/mol. The van der Waals surface area contributed by atoms with Crippen LogP contribution in [0.1, 0.15) is 188 Å². The quantitative estimate of drug-likeness (QED) is 0.0197. The first-order chi connectivity index (χ1) is 38.2. The molecule has 2 N–H and O–H groups in total. The van der Waals surface area contributed by atoms with Gasteiger partial charge in [-0.15, -0.1) is 0 Å². The highest BCUT2D eigenvalue weighted by Gasteiger charge is 2.28. The van der Waals surface area contributed by atoms with Gasteiger partial charge in [0, 0.05) is 19.3 Å². The van der Waals surface area contributed by atoms with Crippen molar-refractivity contribution in [2.75, 3.05) is 26.4 Å². The summed E-state index contributed by atoms with van der Waals surface area (Å²) in [6.45, 7) is 4.11. The molecule has 0 amide bonds. The molecule has 12 heteroatoms. The van der Waals surface area contributed by atoms with Gasteiger partial charge in [-0.3, -0.25) is 23.4 Å². The summed E-state index contributed by atoms with van der Waals surface area (Å²) in [4.78, 5) is 48.6. The fourth-order valence-corrected chi connectivity index (χ4v) is 7.61. The Kier molecular flexibility index (Phi) is 54.2. The van der Waals surface area contributed by atoms with Crippen LogP contribution in [0.15, 0.2) is 170 Å². The minimum Gasteiger partial charge on any atom is -0.462 e. The molecule has 0 aliphatic heterocycles. The van der Waals surface area contributed by atoms with Gasteiger partial charge in [0.05, 0.1) is 19.8 Å². The monoisotopic (exact) mass is 1100 g/mol. The minimum atomic E-state index is -4.80. The number of ether oxygens (including phenoxy) is 3. The Balaban J connectivity index is 4.93. The van der Waals surface area contributed by atoms with Gasteiger partial charge in [0.15, 0.2) is 6.10 Å². The van der Waals surface area contributed by atoms with E-state index in [1.807, 2.05) is 24.3 Å². The molecule has 0 rings (SSSR count). The third-order valence-electron chi connectivity index (χ3n) is 11.1. The van der Waals surface area contributed by atoms with Crippen LogP contribution in [0, 0.1) is 0 Å². The Hall–Kier alpha value is -5.16. The van der Waals surface area contributed by atoms with Gasteiger partial charge in [-0.2, -0.15) is 0 Å². The normalized spacial score (nSPS) is 14.6. The van der Waals surface area contributed by atoms with Crippen LogP contribution in [0.25, 0.3) is 0 Å². The third kappa shape index (κ3) is 55.6. The lowest BCUT2D eigenvalue weighted by Crippen LogP contribution is -2.30. The van der Waals surface area contributed by atoms with Crippen molar-refractivity contribution in [2.45, 2.75) is 200 Å². The van der Waals surface area contributed by atoms with E-state index in [0.29, 0.717) is 32.1 Å². The molecule has 0 bridgehead atoms. The van der Waals surface area contributed by atoms with Gasteiger partial charge in [-0.25, -0.2) is 4.57 Å². The van der Waals surface area contributed by atoms with Crippen LogP contribution < -0.4 is 0 Å². The van der Waals surface area contributed by atoms with Crippen molar-refractivity contribution in [1.82, 2.24) is 0 Å². The summed E-state index contributed by atoms with van der Waals surface area (Å²) in [6, 6.07) is 0. The smallest absolute Gasteiger partial charge is 0.462 e. The zero-order valence-corrected chi connectivity index (χ0v) is 48.9. The molecule has 0 aliphatic rings. The molecule has 0 saturated carbocycles. The molecule has 0 heterocycles. The lowest BCUT2D eigenvalue weighted by molar-refractivity contribution is -0.161. The van der Waals surface area contributed by atoms with Gasteiger partial charge in [-0.05, 0) is 135 Å². The summed E-state index contributed by atoms with van der Waals surface area (Å²) in [6.07, 6.45) is 77.5.